The molecule has 0 aliphatic carbocycles. The average molecular weight is 248 g/mol. The Bertz CT molecular complexity index is 506. The number of hydrogen-bond donors (Lipinski definition) is 1. The molecule has 2 atom stereocenters. The summed E-state index contributed by atoms with van der Waals surface area (Å²) in [5.74, 6) is -0.636. The largest absolute Gasteiger partial charge is 0.277 e. The van der Waals surface area contributed by atoms with Crippen molar-refractivity contribution < 1.29 is 17.2 Å². The highest BCUT2D eigenvalue weighted by atomic mass is 32.2. The van der Waals surface area contributed by atoms with E-state index in [0.717, 1.165) is 10.4 Å². The van der Waals surface area contributed by atoms with E-state index in [-0.39, 0.29) is 12.1 Å². The second kappa shape index (κ2) is 3.76. The quantitative estimate of drug-likeness (QED) is 0.838. The lowest BCUT2D eigenvalue weighted by atomic mass is 9.95. The van der Waals surface area contributed by atoms with Crippen molar-refractivity contribution in [1.29, 1.82) is 0 Å². The fraction of sp³-hybridized carbons (Fsp3) is 0.333. The van der Waals surface area contributed by atoms with Crippen LogP contribution in [0.25, 0.3) is 0 Å². The van der Waals surface area contributed by atoms with Crippen molar-refractivity contribution in [3.05, 3.63) is 35.6 Å². The molecule has 7 heteroatoms. The summed E-state index contributed by atoms with van der Waals surface area (Å²) in [5, 5.41) is 4.89. The highest BCUT2D eigenvalue weighted by molar-refractivity contribution is 7.86. The number of nitrogens with two attached hydrogens (primary N) is 1. The predicted octanol–water partition coefficient (Wildman–Crippen LogP) is 0.724. The van der Waals surface area contributed by atoms with E-state index < -0.39 is 28.2 Å². The Balaban J connectivity index is 2.37. The van der Waals surface area contributed by atoms with Crippen molar-refractivity contribution in [3.63, 3.8) is 0 Å². The van der Waals surface area contributed by atoms with Gasteiger partial charge in [0.2, 0.25) is 0 Å². The maximum atomic E-state index is 13.4. The fourth-order valence-corrected chi connectivity index (χ4v) is 2.67. The van der Waals surface area contributed by atoms with E-state index >= 15 is 0 Å². The van der Waals surface area contributed by atoms with E-state index in [1.165, 1.54) is 18.2 Å². The van der Waals surface area contributed by atoms with Crippen LogP contribution in [0.5, 0.6) is 0 Å². The van der Waals surface area contributed by atoms with Crippen LogP contribution in [0.4, 0.5) is 8.78 Å². The van der Waals surface area contributed by atoms with Gasteiger partial charge in [-0.3, -0.25) is 0 Å². The van der Waals surface area contributed by atoms with Gasteiger partial charge in [-0.15, -0.1) is 0 Å². The Hall–Kier alpha value is -1.05. The van der Waals surface area contributed by atoms with Crippen LogP contribution in [0.2, 0.25) is 0 Å². The van der Waals surface area contributed by atoms with Gasteiger partial charge in [0.05, 0.1) is 6.04 Å². The van der Waals surface area contributed by atoms with Gasteiger partial charge in [0.15, 0.2) is 0 Å². The molecule has 16 heavy (non-hydrogen) atoms. The third kappa shape index (κ3) is 1.81. The number of nitrogens with zero attached hydrogens (tertiary/aromatic N) is 1. The third-order valence-corrected chi connectivity index (χ3v) is 3.59. The maximum absolute atomic E-state index is 13.4. The number of rotatable bonds is 2. The first kappa shape index (κ1) is 11.4. The van der Waals surface area contributed by atoms with Crippen molar-refractivity contribution in [2.45, 2.75) is 12.2 Å². The van der Waals surface area contributed by atoms with Crippen LogP contribution in [0.1, 0.15) is 11.6 Å². The molecule has 0 spiro atoms. The van der Waals surface area contributed by atoms with Crippen LogP contribution in [0.15, 0.2) is 24.3 Å². The van der Waals surface area contributed by atoms with E-state index in [4.69, 9.17) is 5.14 Å². The highest BCUT2D eigenvalue weighted by Gasteiger charge is 2.47. The van der Waals surface area contributed by atoms with E-state index in [1.54, 1.807) is 0 Å². The molecule has 2 rings (SSSR count). The second-order valence-electron chi connectivity index (χ2n) is 3.60. The number of benzene rings is 1. The van der Waals surface area contributed by atoms with Crippen LogP contribution in [-0.2, 0) is 10.2 Å². The minimum absolute atomic E-state index is 0.00951. The molecule has 88 valence electrons. The third-order valence-electron chi connectivity index (χ3n) is 2.56. The molecule has 0 amide bonds. The first-order valence-corrected chi connectivity index (χ1v) is 6.09. The Labute approximate surface area is 91.8 Å². The molecule has 1 aliphatic rings. The summed E-state index contributed by atoms with van der Waals surface area (Å²) in [6.07, 6.45) is -1.42. The minimum Gasteiger partial charge on any atom is -0.244 e. The Morgan fingerprint density at radius 2 is 2.00 bits per heavy atom. The summed E-state index contributed by atoms with van der Waals surface area (Å²) in [6, 6.07) is 4.33. The van der Waals surface area contributed by atoms with Crippen molar-refractivity contribution in [1.82, 2.24) is 4.31 Å². The van der Waals surface area contributed by atoms with E-state index in [2.05, 4.69) is 0 Å². The Morgan fingerprint density at radius 3 is 2.50 bits per heavy atom. The molecule has 1 aromatic carbocycles. The molecule has 1 aliphatic heterocycles. The van der Waals surface area contributed by atoms with Crippen molar-refractivity contribution in [3.8, 4) is 0 Å². The summed E-state index contributed by atoms with van der Waals surface area (Å²) in [6.45, 7) is -0.322. The second-order valence-corrected chi connectivity index (χ2v) is 5.10. The van der Waals surface area contributed by atoms with Gasteiger partial charge in [0.1, 0.15) is 12.0 Å². The molecule has 0 radical (unpaired) electrons. The van der Waals surface area contributed by atoms with Crippen molar-refractivity contribution >= 4 is 10.2 Å². The molecule has 4 nitrogen and oxygen atoms in total. The molecule has 2 unspecified atom stereocenters. The monoisotopic (exact) mass is 248 g/mol. The lowest BCUT2D eigenvalue weighted by Gasteiger charge is -2.41. The summed E-state index contributed by atoms with van der Waals surface area (Å²) in [4.78, 5) is 0. The molecule has 0 saturated carbocycles. The van der Waals surface area contributed by atoms with Crippen LogP contribution in [-0.4, -0.2) is 25.4 Å². The number of alkyl halides is 1. The van der Waals surface area contributed by atoms with E-state index in [0.29, 0.717) is 0 Å². The van der Waals surface area contributed by atoms with Gasteiger partial charge in [-0.2, -0.15) is 12.7 Å². The van der Waals surface area contributed by atoms with Gasteiger partial charge in [-0.25, -0.2) is 13.9 Å². The molecule has 2 N–H and O–H groups in total. The van der Waals surface area contributed by atoms with Crippen molar-refractivity contribution in [2.75, 3.05) is 6.54 Å². The first-order chi connectivity index (χ1) is 7.41. The normalized spacial score (nSPS) is 26.4. The Morgan fingerprint density at radius 1 is 1.38 bits per heavy atom. The highest BCUT2D eigenvalue weighted by Crippen LogP contribution is 2.38. The first-order valence-electron chi connectivity index (χ1n) is 4.59. The van der Waals surface area contributed by atoms with Crippen LogP contribution < -0.4 is 5.14 Å². The lowest BCUT2D eigenvalue weighted by molar-refractivity contribution is 0.0579. The van der Waals surface area contributed by atoms with Gasteiger partial charge >= 0.3 is 0 Å². The zero-order valence-corrected chi connectivity index (χ0v) is 8.99. The molecule has 0 aromatic heterocycles. The topological polar surface area (TPSA) is 63.4 Å². The molecular formula is C9H10F2N2O2S. The van der Waals surface area contributed by atoms with Crippen molar-refractivity contribution in [2.24, 2.45) is 5.14 Å². The minimum atomic E-state index is -3.99. The van der Waals surface area contributed by atoms with Gasteiger partial charge in [-0.05, 0) is 6.07 Å². The van der Waals surface area contributed by atoms with Gasteiger partial charge in [-0.1, -0.05) is 18.2 Å². The average Bonchev–Trinajstić information content (AvgIpc) is 2.16. The van der Waals surface area contributed by atoms with Crippen LogP contribution in [0.3, 0.4) is 0 Å². The molecule has 1 heterocycles. The summed E-state index contributed by atoms with van der Waals surface area (Å²) < 4.78 is 49.5. The smallest absolute Gasteiger partial charge is 0.244 e. The van der Waals surface area contributed by atoms with E-state index in [9.17, 15) is 17.2 Å². The molecule has 1 saturated heterocycles. The summed E-state index contributed by atoms with van der Waals surface area (Å²) in [5.41, 5.74) is 0.00951. The van der Waals surface area contributed by atoms with Gasteiger partial charge in [0.25, 0.3) is 10.2 Å². The number of hydrogen-bond acceptors (Lipinski definition) is 2. The zero-order valence-electron chi connectivity index (χ0n) is 8.18. The zero-order chi connectivity index (χ0) is 11.9. The van der Waals surface area contributed by atoms with Gasteiger partial charge in [0, 0.05) is 12.1 Å². The SMILES string of the molecule is NS(=O)(=O)N1CC(F)C1c1ccccc1F. The molecule has 0 bridgehead atoms. The van der Waals surface area contributed by atoms with Crippen LogP contribution >= 0.6 is 0 Å². The summed E-state index contributed by atoms with van der Waals surface area (Å²) >= 11 is 0. The summed E-state index contributed by atoms with van der Waals surface area (Å²) in [7, 11) is -3.99. The lowest BCUT2D eigenvalue weighted by Crippen LogP contribution is -2.56. The molecular weight excluding hydrogens is 238 g/mol. The Kier molecular flexibility index (Phi) is 2.69. The maximum Gasteiger partial charge on any atom is 0.277 e. The number of halogens is 2. The standard InChI is InChI=1S/C9H10F2N2O2S/c10-7-4-2-1-3-6(7)9-8(11)5-13(9)16(12,14)15/h1-4,8-9H,5H2,(H2,12,14,15). The van der Waals surface area contributed by atoms with E-state index in [1.807, 2.05) is 0 Å². The fourth-order valence-electron chi connectivity index (χ4n) is 1.75. The predicted molar refractivity (Wildman–Crippen MR) is 53.9 cm³/mol. The van der Waals surface area contributed by atoms with Gasteiger partial charge < -0.3 is 0 Å². The van der Waals surface area contributed by atoms with Crippen LogP contribution in [0, 0.1) is 5.82 Å². The molecule has 1 aromatic rings. The molecule has 1 fully saturated rings.